The number of aliphatic carboxylic acids is 2. The molecule has 1 aliphatic rings. The number of amides is 1. The fraction of sp³-hybridized carbons (Fsp3) is 0.750. The van der Waals surface area contributed by atoms with E-state index in [9.17, 15) is 14.4 Å². The summed E-state index contributed by atoms with van der Waals surface area (Å²) >= 11 is 0. The Hall–Kier alpha value is -1.63. The van der Waals surface area contributed by atoms with Crippen LogP contribution >= 0.6 is 0 Å². The molecule has 19 heavy (non-hydrogen) atoms. The van der Waals surface area contributed by atoms with Crippen molar-refractivity contribution < 1.29 is 24.6 Å². The van der Waals surface area contributed by atoms with Crippen LogP contribution in [0.1, 0.15) is 38.5 Å². The van der Waals surface area contributed by atoms with E-state index in [-0.39, 0.29) is 30.7 Å². The summed E-state index contributed by atoms with van der Waals surface area (Å²) in [6, 6.07) is -1.42. The molecule has 0 heterocycles. The summed E-state index contributed by atoms with van der Waals surface area (Å²) in [4.78, 5) is 33.4. The van der Waals surface area contributed by atoms with Crippen molar-refractivity contribution >= 4 is 17.8 Å². The standard InChI is InChI=1S/C12H20N2O5/c13-8-4-2-1-3-7(8)11(17)14-9(12(18)19)5-6-10(15)16/h7-9H,1-6,13H2,(H,14,17)(H,15,16)(H,18,19). The number of hydrogen-bond donors (Lipinski definition) is 4. The van der Waals surface area contributed by atoms with Gasteiger partial charge in [-0.1, -0.05) is 12.8 Å². The summed E-state index contributed by atoms with van der Waals surface area (Å²) < 4.78 is 0. The maximum absolute atomic E-state index is 12.0. The summed E-state index contributed by atoms with van der Waals surface area (Å²) in [5, 5.41) is 19.9. The highest BCUT2D eigenvalue weighted by molar-refractivity contribution is 5.85. The SMILES string of the molecule is NC1CCCCC1C(=O)NC(CCC(=O)O)C(=O)O. The van der Waals surface area contributed by atoms with Gasteiger partial charge >= 0.3 is 11.9 Å². The molecule has 3 atom stereocenters. The van der Waals surface area contributed by atoms with Gasteiger partial charge in [0, 0.05) is 12.5 Å². The lowest BCUT2D eigenvalue weighted by atomic mass is 9.84. The number of nitrogens with one attached hydrogen (secondary N) is 1. The first-order chi connectivity index (χ1) is 8.91. The van der Waals surface area contributed by atoms with Crippen LogP contribution in [0, 0.1) is 5.92 Å². The molecule has 1 saturated carbocycles. The predicted molar refractivity (Wildman–Crippen MR) is 66.4 cm³/mol. The molecule has 108 valence electrons. The molecule has 1 rings (SSSR count). The minimum Gasteiger partial charge on any atom is -0.481 e. The highest BCUT2D eigenvalue weighted by atomic mass is 16.4. The van der Waals surface area contributed by atoms with E-state index in [1.54, 1.807) is 0 Å². The zero-order chi connectivity index (χ0) is 14.4. The van der Waals surface area contributed by atoms with Crippen LogP contribution in [-0.2, 0) is 14.4 Å². The summed E-state index contributed by atoms with van der Waals surface area (Å²) in [6.07, 6.45) is 2.86. The Kier molecular flexibility index (Phi) is 5.75. The Morgan fingerprint density at radius 2 is 1.84 bits per heavy atom. The first-order valence-electron chi connectivity index (χ1n) is 6.42. The van der Waals surface area contributed by atoms with Crippen LogP contribution in [0.3, 0.4) is 0 Å². The largest absolute Gasteiger partial charge is 0.481 e. The Balaban J connectivity index is 2.55. The van der Waals surface area contributed by atoms with Gasteiger partial charge in [0.1, 0.15) is 6.04 Å². The van der Waals surface area contributed by atoms with Crippen LogP contribution in [0.5, 0.6) is 0 Å². The highest BCUT2D eigenvalue weighted by Gasteiger charge is 2.31. The van der Waals surface area contributed by atoms with Crippen molar-refractivity contribution in [3.8, 4) is 0 Å². The van der Waals surface area contributed by atoms with Gasteiger partial charge in [-0.3, -0.25) is 9.59 Å². The molecular formula is C12H20N2O5. The van der Waals surface area contributed by atoms with E-state index in [2.05, 4.69) is 5.32 Å². The Bertz CT molecular complexity index is 358. The van der Waals surface area contributed by atoms with Crippen LogP contribution in [-0.4, -0.2) is 40.1 Å². The topological polar surface area (TPSA) is 130 Å². The number of carbonyl (C=O) groups is 3. The second-order valence-corrected chi connectivity index (χ2v) is 4.89. The molecule has 0 aromatic carbocycles. The van der Waals surface area contributed by atoms with Gasteiger partial charge in [-0.05, 0) is 19.3 Å². The molecule has 0 bridgehead atoms. The quantitative estimate of drug-likeness (QED) is 0.536. The second kappa shape index (κ2) is 7.08. The third-order valence-electron chi connectivity index (χ3n) is 3.42. The monoisotopic (exact) mass is 272 g/mol. The highest BCUT2D eigenvalue weighted by Crippen LogP contribution is 2.23. The van der Waals surface area contributed by atoms with Gasteiger partial charge in [-0.2, -0.15) is 0 Å². The van der Waals surface area contributed by atoms with Crippen molar-refractivity contribution in [2.45, 2.75) is 50.6 Å². The number of rotatable bonds is 6. The summed E-state index contributed by atoms with van der Waals surface area (Å²) in [5.41, 5.74) is 5.85. The minimum atomic E-state index is -1.22. The second-order valence-electron chi connectivity index (χ2n) is 4.89. The van der Waals surface area contributed by atoms with Crippen molar-refractivity contribution in [1.29, 1.82) is 0 Å². The third kappa shape index (κ3) is 4.86. The van der Waals surface area contributed by atoms with Crippen molar-refractivity contribution in [2.75, 3.05) is 0 Å². The van der Waals surface area contributed by atoms with Gasteiger partial charge < -0.3 is 21.3 Å². The molecule has 7 heteroatoms. The van der Waals surface area contributed by atoms with Crippen LogP contribution in [0.25, 0.3) is 0 Å². The maximum atomic E-state index is 12.0. The van der Waals surface area contributed by atoms with E-state index in [0.29, 0.717) is 6.42 Å². The zero-order valence-electron chi connectivity index (χ0n) is 10.7. The zero-order valence-corrected chi connectivity index (χ0v) is 10.7. The first kappa shape index (κ1) is 15.4. The lowest BCUT2D eigenvalue weighted by molar-refractivity contribution is -0.144. The van der Waals surface area contributed by atoms with E-state index in [4.69, 9.17) is 15.9 Å². The Morgan fingerprint density at radius 1 is 1.21 bits per heavy atom. The average Bonchev–Trinajstić information content (AvgIpc) is 2.34. The van der Waals surface area contributed by atoms with E-state index in [1.807, 2.05) is 0 Å². The average molecular weight is 272 g/mol. The Morgan fingerprint density at radius 3 is 2.37 bits per heavy atom. The summed E-state index contributed by atoms with van der Waals surface area (Å²) in [5.74, 6) is -3.07. The molecular weight excluding hydrogens is 252 g/mol. The van der Waals surface area contributed by atoms with Crippen molar-refractivity contribution in [1.82, 2.24) is 5.32 Å². The molecule has 7 nitrogen and oxygen atoms in total. The fourth-order valence-corrected chi connectivity index (χ4v) is 2.29. The molecule has 0 aliphatic heterocycles. The maximum Gasteiger partial charge on any atom is 0.326 e. The van der Waals surface area contributed by atoms with Crippen LogP contribution in [0.2, 0.25) is 0 Å². The first-order valence-corrected chi connectivity index (χ1v) is 6.42. The Labute approximate surface area is 111 Å². The number of carboxylic acid groups (broad SMARTS) is 2. The molecule has 0 saturated heterocycles. The molecule has 1 fully saturated rings. The molecule has 0 spiro atoms. The number of carboxylic acids is 2. The fourth-order valence-electron chi connectivity index (χ4n) is 2.29. The van der Waals surface area contributed by atoms with E-state index in [1.165, 1.54) is 0 Å². The summed E-state index contributed by atoms with van der Waals surface area (Å²) in [6.45, 7) is 0. The van der Waals surface area contributed by atoms with Crippen LogP contribution in [0.15, 0.2) is 0 Å². The lowest BCUT2D eigenvalue weighted by Crippen LogP contribution is -2.49. The number of carbonyl (C=O) groups excluding carboxylic acids is 1. The molecule has 0 radical (unpaired) electrons. The van der Waals surface area contributed by atoms with Crippen molar-refractivity contribution in [3.05, 3.63) is 0 Å². The van der Waals surface area contributed by atoms with Crippen molar-refractivity contribution in [2.24, 2.45) is 11.7 Å². The van der Waals surface area contributed by atoms with Gasteiger partial charge in [0.25, 0.3) is 0 Å². The van der Waals surface area contributed by atoms with Gasteiger partial charge in [0.15, 0.2) is 0 Å². The van der Waals surface area contributed by atoms with Crippen LogP contribution < -0.4 is 11.1 Å². The molecule has 0 aromatic heterocycles. The molecule has 3 unspecified atom stereocenters. The molecule has 1 aliphatic carbocycles. The smallest absolute Gasteiger partial charge is 0.326 e. The molecule has 5 N–H and O–H groups in total. The minimum absolute atomic E-state index is 0.127. The predicted octanol–water partition coefficient (Wildman–Crippen LogP) is -0.0619. The molecule has 0 aromatic rings. The van der Waals surface area contributed by atoms with Gasteiger partial charge in [-0.15, -0.1) is 0 Å². The number of hydrogen-bond acceptors (Lipinski definition) is 4. The van der Waals surface area contributed by atoms with Gasteiger partial charge in [-0.25, -0.2) is 4.79 Å². The van der Waals surface area contributed by atoms with Crippen LogP contribution in [0.4, 0.5) is 0 Å². The summed E-state index contributed by atoms with van der Waals surface area (Å²) in [7, 11) is 0. The normalized spacial score (nSPS) is 24.5. The van der Waals surface area contributed by atoms with E-state index in [0.717, 1.165) is 19.3 Å². The number of nitrogens with two attached hydrogens (primary N) is 1. The lowest BCUT2D eigenvalue weighted by Gasteiger charge is -2.28. The van der Waals surface area contributed by atoms with E-state index >= 15 is 0 Å². The van der Waals surface area contributed by atoms with Gasteiger partial charge in [0.05, 0.1) is 5.92 Å². The van der Waals surface area contributed by atoms with Gasteiger partial charge in [0.2, 0.25) is 5.91 Å². The third-order valence-corrected chi connectivity index (χ3v) is 3.42. The van der Waals surface area contributed by atoms with Crippen molar-refractivity contribution in [3.63, 3.8) is 0 Å². The molecule has 1 amide bonds. The van der Waals surface area contributed by atoms with E-state index < -0.39 is 18.0 Å².